The molecule has 1 aliphatic carbocycles. The fourth-order valence-corrected chi connectivity index (χ4v) is 3.45. The Morgan fingerprint density at radius 1 is 1.18 bits per heavy atom. The van der Waals surface area contributed by atoms with Gasteiger partial charge in [-0.1, -0.05) is 6.42 Å². The van der Waals surface area contributed by atoms with Gasteiger partial charge in [-0.05, 0) is 64.0 Å². The van der Waals surface area contributed by atoms with Crippen LogP contribution >= 0.6 is 11.6 Å². The van der Waals surface area contributed by atoms with Gasteiger partial charge in [0.25, 0.3) is 0 Å². The second-order valence-electron chi connectivity index (χ2n) is 5.61. The fraction of sp³-hybridized carbons (Fsp3) is 1.00. The first-order chi connectivity index (χ1) is 8.34. The molecule has 3 atom stereocenters. The van der Waals surface area contributed by atoms with Crippen molar-refractivity contribution in [2.45, 2.75) is 62.8 Å². The van der Waals surface area contributed by atoms with Crippen molar-refractivity contribution in [3.63, 3.8) is 0 Å². The molecule has 1 heterocycles. The molecule has 1 aliphatic heterocycles. The van der Waals surface area contributed by atoms with Gasteiger partial charge in [-0.3, -0.25) is 0 Å². The van der Waals surface area contributed by atoms with Crippen LogP contribution in [0.5, 0.6) is 0 Å². The van der Waals surface area contributed by atoms with Gasteiger partial charge in [0.1, 0.15) is 0 Å². The lowest BCUT2D eigenvalue weighted by Gasteiger charge is -2.25. The summed E-state index contributed by atoms with van der Waals surface area (Å²) in [6.45, 7) is 3.29. The summed E-state index contributed by atoms with van der Waals surface area (Å²) in [6.07, 6.45) is 10.7. The predicted octanol–water partition coefficient (Wildman–Crippen LogP) is 3.33. The fourth-order valence-electron chi connectivity index (χ4n) is 3.04. The van der Waals surface area contributed by atoms with Crippen molar-refractivity contribution in [2.24, 2.45) is 5.92 Å². The molecule has 2 nitrogen and oxygen atoms in total. The second-order valence-corrected chi connectivity index (χ2v) is 6.23. The monoisotopic (exact) mass is 259 g/mol. The molecule has 0 aromatic carbocycles. The Hall–Kier alpha value is 0.210. The summed E-state index contributed by atoms with van der Waals surface area (Å²) in [5.41, 5.74) is 0. The average Bonchev–Trinajstić information content (AvgIpc) is 2.82. The number of hydrogen-bond acceptors (Lipinski definition) is 2. The number of alkyl halides is 1. The minimum absolute atomic E-state index is 0.433. The minimum atomic E-state index is 0.433. The first kappa shape index (κ1) is 13.6. The van der Waals surface area contributed by atoms with E-state index in [0.29, 0.717) is 11.5 Å². The highest BCUT2D eigenvalue weighted by molar-refractivity contribution is 6.20. The second kappa shape index (κ2) is 7.60. The number of ether oxygens (including phenoxy) is 1. The molecule has 2 rings (SSSR count). The molecule has 1 saturated heterocycles. The Morgan fingerprint density at radius 3 is 2.88 bits per heavy atom. The van der Waals surface area contributed by atoms with E-state index in [2.05, 4.69) is 5.32 Å². The zero-order valence-electron chi connectivity index (χ0n) is 10.8. The van der Waals surface area contributed by atoms with Crippen molar-refractivity contribution in [2.75, 3.05) is 19.7 Å². The summed E-state index contributed by atoms with van der Waals surface area (Å²) in [4.78, 5) is 0. The van der Waals surface area contributed by atoms with Crippen molar-refractivity contribution in [1.29, 1.82) is 0 Å². The SMILES string of the molecule is ClC1CCCC(CNCCCC2CCCO2)C1. The number of halogens is 1. The molecule has 2 fully saturated rings. The molecule has 1 N–H and O–H groups in total. The van der Waals surface area contributed by atoms with Crippen LogP contribution in [0.4, 0.5) is 0 Å². The molecule has 0 radical (unpaired) electrons. The highest BCUT2D eigenvalue weighted by Gasteiger charge is 2.19. The maximum atomic E-state index is 6.19. The topological polar surface area (TPSA) is 21.3 Å². The molecule has 0 aromatic heterocycles. The Labute approximate surface area is 110 Å². The molecule has 0 bridgehead atoms. The summed E-state index contributed by atoms with van der Waals surface area (Å²) >= 11 is 6.19. The Kier molecular flexibility index (Phi) is 6.10. The van der Waals surface area contributed by atoms with E-state index >= 15 is 0 Å². The summed E-state index contributed by atoms with van der Waals surface area (Å²) in [5.74, 6) is 0.814. The van der Waals surface area contributed by atoms with Crippen molar-refractivity contribution in [3.05, 3.63) is 0 Å². The van der Waals surface area contributed by atoms with Crippen molar-refractivity contribution in [1.82, 2.24) is 5.32 Å². The van der Waals surface area contributed by atoms with Gasteiger partial charge in [0.05, 0.1) is 6.10 Å². The van der Waals surface area contributed by atoms with E-state index in [-0.39, 0.29) is 0 Å². The molecule has 17 heavy (non-hydrogen) atoms. The van der Waals surface area contributed by atoms with Gasteiger partial charge in [0, 0.05) is 12.0 Å². The first-order valence-electron chi connectivity index (χ1n) is 7.31. The molecular weight excluding hydrogens is 234 g/mol. The largest absolute Gasteiger partial charge is 0.378 e. The third-order valence-corrected chi connectivity index (χ3v) is 4.45. The van der Waals surface area contributed by atoms with Crippen LogP contribution in [0.15, 0.2) is 0 Å². The smallest absolute Gasteiger partial charge is 0.0576 e. The third kappa shape index (κ3) is 5.15. The molecule has 0 spiro atoms. The zero-order chi connectivity index (χ0) is 11.9. The first-order valence-corrected chi connectivity index (χ1v) is 7.74. The van der Waals surface area contributed by atoms with Crippen LogP contribution in [0.1, 0.15) is 51.4 Å². The molecule has 0 amide bonds. The molecule has 0 aromatic rings. The van der Waals surface area contributed by atoms with Gasteiger partial charge in [0.15, 0.2) is 0 Å². The van der Waals surface area contributed by atoms with Crippen molar-refractivity contribution >= 4 is 11.6 Å². The van der Waals surface area contributed by atoms with Gasteiger partial charge in [-0.2, -0.15) is 0 Å². The summed E-state index contributed by atoms with van der Waals surface area (Å²) in [5, 5.41) is 4.02. The summed E-state index contributed by atoms with van der Waals surface area (Å²) in [7, 11) is 0. The van der Waals surface area contributed by atoms with Crippen molar-refractivity contribution in [3.8, 4) is 0 Å². The molecular formula is C14H26ClNO. The maximum absolute atomic E-state index is 6.19. The van der Waals surface area contributed by atoms with Crippen LogP contribution in [0, 0.1) is 5.92 Å². The molecule has 3 unspecified atom stereocenters. The lowest BCUT2D eigenvalue weighted by molar-refractivity contribution is 0.102. The van der Waals surface area contributed by atoms with Gasteiger partial charge in [-0.25, -0.2) is 0 Å². The Bertz CT molecular complexity index is 206. The Balaban J connectivity index is 1.45. The van der Waals surface area contributed by atoms with Crippen LogP contribution in [-0.4, -0.2) is 31.2 Å². The average molecular weight is 260 g/mol. The Morgan fingerprint density at radius 2 is 2.12 bits per heavy atom. The highest BCUT2D eigenvalue weighted by Crippen LogP contribution is 2.27. The van der Waals surface area contributed by atoms with Gasteiger partial charge < -0.3 is 10.1 Å². The van der Waals surface area contributed by atoms with E-state index in [0.717, 1.165) is 25.6 Å². The normalized spacial score (nSPS) is 34.1. The van der Waals surface area contributed by atoms with Crippen LogP contribution < -0.4 is 5.32 Å². The molecule has 1 saturated carbocycles. The van der Waals surface area contributed by atoms with Crippen molar-refractivity contribution < 1.29 is 4.74 Å². The quantitative estimate of drug-likeness (QED) is 0.584. The van der Waals surface area contributed by atoms with E-state index < -0.39 is 0 Å². The van der Waals surface area contributed by atoms with E-state index in [1.165, 1.54) is 51.4 Å². The van der Waals surface area contributed by atoms with E-state index in [9.17, 15) is 0 Å². The predicted molar refractivity (Wildman–Crippen MR) is 72.7 cm³/mol. The zero-order valence-corrected chi connectivity index (χ0v) is 11.6. The lowest BCUT2D eigenvalue weighted by Crippen LogP contribution is -2.28. The summed E-state index contributed by atoms with van der Waals surface area (Å²) in [6, 6.07) is 0. The van der Waals surface area contributed by atoms with Crippen LogP contribution in [0.3, 0.4) is 0 Å². The van der Waals surface area contributed by atoms with E-state index in [1.807, 2.05) is 0 Å². The number of nitrogens with one attached hydrogen (secondary N) is 1. The molecule has 2 aliphatic rings. The third-order valence-electron chi connectivity index (χ3n) is 4.06. The molecule has 3 heteroatoms. The van der Waals surface area contributed by atoms with Crippen LogP contribution in [0.2, 0.25) is 0 Å². The van der Waals surface area contributed by atoms with E-state index in [4.69, 9.17) is 16.3 Å². The standard InChI is InChI=1S/C14H26ClNO/c15-13-5-1-4-12(10-13)11-16-8-2-6-14-7-3-9-17-14/h12-14,16H,1-11H2. The number of rotatable bonds is 6. The van der Waals surface area contributed by atoms with E-state index in [1.54, 1.807) is 0 Å². The highest BCUT2D eigenvalue weighted by atomic mass is 35.5. The lowest BCUT2D eigenvalue weighted by atomic mass is 9.89. The maximum Gasteiger partial charge on any atom is 0.0576 e. The van der Waals surface area contributed by atoms with Crippen LogP contribution in [-0.2, 0) is 4.74 Å². The van der Waals surface area contributed by atoms with Gasteiger partial charge >= 0.3 is 0 Å². The number of hydrogen-bond donors (Lipinski definition) is 1. The van der Waals surface area contributed by atoms with Gasteiger partial charge in [-0.15, -0.1) is 11.6 Å². The van der Waals surface area contributed by atoms with Gasteiger partial charge in [0.2, 0.25) is 0 Å². The van der Waals surface area contributed by atoms with Crippen LogP contribution in [0.25, 0.3) is 0 Å². The summed E-state index contributed by atoms with van der Waals surface area (Å²) < 4.78 is 5.62. The molecule has 100 valence electrons. The minimum Gasteiger partial charge on any atom is -0.378 e.